The van der Waals surface area contributed by atoms with Crippen LogP contribution in [0, 0.1) is 12.8 Å². The van der Waals surface area contributed by atoms with Gasteiger partial charge in [-0.1, -0.05) is 32.0 Å². The molecule has 18 heavy (non-hydrogen) atoms. The molecule has 0 aliphatic rings. The molecule has 0 radical (unpaired) electrons. The third kappa shape index (κ3) is 3.56. The fraction of sp³-hybridized carbons (Fsp3) is 0.571. The number of benzene rings is 1. The lowest BCUT2D eigenvalue weighted by Gasteiger charge is -2.17. The second kappa shape index (κ2) is 5.85. The van der Waals surface area contributed by atoms with Crippen LogP contribution in [0.5, 0.6) is 0 Å². The number of hydrogen-bond donors (Lipinski definition) is 1. The lowest BCUT2D eigenvalue weighted by Crippen LogP contribution is -2.25. The van der Waals surface area contributed by atoms with Crippen LogP contribution in [0.4, 0.5) is 0 Å². The van der Waals surface area contributed by atoms with Crippen LogP contribution in [0.15, 0.2) is 18.2 Å². The van der Waals surface area contributed by atoms with Gasteiger partial charge in [-0.2, -0.15) is 0 Å². The summed E-state index contributed by atoms with van der Waals surface area (Å²) in [6, 6.07) is 5.74. The molecule has 0 aromatic heterocycles. The maximum Gasteiger partial charge on any atom is 0.157 e. The van der Waals surface area contributed by atoms with Gasteiger partial charge in [0.05, 0.1) is 11.0 Å². The molecule has 1 aromatic carbocycles. The Morgan fingerprint density at radius 1 is 1.22 bits per heavy atom. The predicted molar refractivity (Wildman–Crippen MR) is 76.0 cm³/mol. The summed E-state index contributed by atoms with van der Waals surface area (Å²) >= 11 is 0. The maximum absolute atomic E-state index is 12.2. The summed E-state index contributed by atoms with van der Waals surface area (Å²) in [5.74, 6) is 0.252. The highest BCUT2D eigenvalue weighted by Gasteiger charge is 2.24. The molecule has 0 fully saturated rings. The lowest BCUT2D eigenvalue weighted by atomic mass is 10.1. The Labute approximate surface area is 110 Å². The van der Waals surface area contributed by atoms with E-state index in [4.69, 9.17) is 5.73 Å². The molecule has 1 aromatic rings. The van der Waals surface area contributed by atoms with Crippen LogP contribution in [0.2, 0.25) is 0 Å². The molecule has 1 unspecified atom stereocenters. The van der Waals surface area contributed by atoms with Crippen molar-refractivity contribution in [3.05, 3.63) is 34.9 Å². The largest absolute Gasteiger partial charge is 0.326 e. The molecule has 0 heterocycles. The molecule has 0 spiro atoms. The van der Waals surface area contributed by atoms with Crippen molar-refractivity contribution in [2.75, 3.05) is 0 Å². The van der Waals surface area contributed by atoms with E-state index >= 15 is 0 Å². The van der Waals surface area contributed by atoms with Gasteiger partial charge in [0.2, 0.25) is 0 Å². The highest BCUT2D eigenvalue weighted by molar-refractivity contribution is 7.91. The molecule has 0 saturated carbocycles. The third-order valence-corrected chi connectivity index (χ3v) is 5.90. The van der Waals surface area contributed by atoms with Gasteiger partial charge < -0.3 is 5.73 Å². The Kier molecular flexibility index (Phi) is 4.93. The van der Waals surface area contributed by atoms with Crippen LogP contribution in [-0.2, 0) is 22.1 Å². The molecule has 4 heteroatoms. The number of rotatable bonds is 5. The van der Waals surface area contributed by atoms with Crippen LogP contribution < -0.4 is 5.73 Å². The predicted octanol–water partition coefficient (Wildman–Crippen LogP) is 2.41. The average molecular weight is 269 g/mol. The van der Waals surface area contributed by atoms with Gasteiger partial charge in [0, 0.05) is 6.54 Å². The first-order valence-electron chi connectivity index (χ1n) is 6.28. The summed E-state index contributed by atoms with van der Waals surface area (Å²) in [5.41, 5.74) is 8.47. The third-order valence-electron chi connectivity index (χ3n) is 3.50. The van der Waals surface area contributed by atoms with Crippen LogP contribution in [-0.4, -0.2) is 13.7 Å². The zero-order chi connectivity index (χ0) is 13.9. The fourth-order valence-electron chi connectivity index (χ4n) is 1.81. The molecule has 0 bridgehead atoms. The second-order valence-electron chi connectivity index (χ2n) is 5.22. The molecular formula is C14H23NO2S. The summed E-state index contributed by atoms with van der Waals surface area (Å²) in [7, 11) is -3.09. The van der Waals surface area contributed by atoms with Crippen molar-refractivity contribution in [2.24, 2.45) is 11.7 Å². The first kappa shape index (κ1) is 15.2. The van der Waals surface area contributed by atoms with E-state index in [9.17, 15) is 8.42 Å². The van der Waals surface area contributed by atoms with Crippen LogP contribution in [0.3, 0.4) is 0 Å². The monoisotopic (exact) mass is 269 g/mol. The highest BCUT2D eigenvalue weighted by atomic mass is 32.2. The topological polar surface area (TPSA) is 60.2 Å². The zero-order valence-corrected chi connectivity index (χ0v) is 12.4. The zero-order valence-electron chi connectivity index (χ0n) is 11.6. The van der Waals surface area contributed by atoms with Crippen molar-refractivity contribution < 1.29 is 8.42 Å². The summed E-state index contributed by atoms with van der Waals surface area (Å²) in [6.07, 6.45) is 0. The van der Waals surface area contributed by atoms with Gasteiger partial charge >= 0.3 is 0 Å². The molecule has 2 N–H and O–H groups in total. The maximum atomic E-state index is 12.2. The van der Waals surface area contributed by atoms with E-state index in [2.05, 4.69) is 0 Å². The van der Waals surface area contributed by atoms with Crippen molar-refractivity contribution in [1.29, 1.82) is 0 Å². The fourth-order valence-corrected chi connectivity index (χ4v) is 3.66. The first-order valence-corrected chi connectivity index (χ1v) is 7.99. The van der Waals surface area contributed by atoms with Gasteiger partial charge in [0.15, 0.2) is 9.84 Å². The normalized spacial score (nSPS) is 13.9. The standard InChI is InChI=1S/C14H23NO2S/c1-10(2)12(4)18(16,17)9-14-6-5-13(8-15)7-11(14)3/h5-7,10,12H,8-9,15H2,1-4H3. The minimum atomic E-state index is -3.09. The number of aryl methyl sites for hydroxylation is 1. The Morgan fingerprint density at radius 2 is 1.83 bits per heavy atom. The van der Waals surface area contributed by atoms with Crippen molar-refractivity contribution in [2.45, 2.75) is 45.2 Å². The Balaban J connectivity index is 2.98. The molecule has 0 aliphatic carbocycles. The van der Waals surface area contributed by atoms with Gasteiger partial charge in [-0.05, 0) is 36.5 Å². The van der Waals surface area contributed by atoms with Crippen LogP contribution in [0.1, 0.15) is 37.5 Å². The van der Waals surface area contributed by atoms with Gasteiger partial charge in [-0.25, -0.2) is 8.42 Å². The number of sulfone groups is 1. The Bertz CT molecular complexity index is 507. The summed E-state index contributed by atoms with van der Waals surface area (Å²) in [6.45, 7) is 8.07. The van der Waals surface area contributed by atoms with Gasteiger partial charge in [-0.15, -0.1) is 0 Å². The van der Waals surface area contributed by atoms with E-state index in [0.717, 1.165) is 16.7 Å². The van der Waals surface area contributed by atoms with Crippen molar-refractivity contribution in [1.82, 2.24) is 0 Å². The minimum absolute atomic E-state index is 0.114. The van der Waals surface area contributed by atoms with E-state index < -0.39 is 9.84 Å². The summed E-state index contributed by atoms with van der Waals surface area (Å²) in [5, 5.41) is -0.314. The van der Waals surface area contributed by atoms with E-state index in [-0.39, 0.29) is 16.9 Å². The van der Waals surface area contributed by atoms with Gasteiger partial charge in [0.25, 0.3) is 0 Å². The van der Waals surface area contributed by atoms with Gasteiger partial charge in [0.1, 0.15) is 0 Å². The average Bonchev–Trinajstić information content (AvgIpc) is 2.30. The Morgan fingerprint density at radius 3 is 2.28 bits per heavy atom. The SMILES string of the molecule is Cc1cc(CN)ccc1CS(=O)(=O)C(C)C(C)C. The van der Waals surface area contributed by atoms with E-state index in [0.29, 0.717) is 6.54 Å². The van der Waals surface area contributed by atoms with Crippen LogP contribution in [0.25, 0.3) is 0 Å². The molecule has 0 aliphatic heterocycles. The number of hydrogen-bond acceptors (Lipinski definition) is 3. The summed E-state index contributed by atoms with van der Waals surface area (Å²) in [4.78, 5) is 0. The molecule has 1 atom stereocenters. The quantitative estimate of drug-likeness (QED) is 0.893. The minimum Gasteiger partial charge on any atom is -0.326 e. The van der Waals surface area contributed by atoms with E-state index in [1.807, 2.05) is 39.0 Å². The Hall–Kier alpha value is -0.870. The summed E-state index contributed by atoms with van der Waals surface area (Å²) < 4.78 is 24.4. The molecule has 0 amide bonds. The number of nitrogens with two attached hydrogens (primary N) is 1. The van der Waals surface area contributed by atoms with Crippen molar-refractivity contribution in [3.8, 4) is 0 Å². The first-order chi connectivity index (χ1) is 8.27. The lowest BCUT2D eigenvalue weighted by molar-refractivity contribution is 0.545. The molecular weight excluding hydrogens is 246 g/mol. The molecule has 102 valence electrons. The second-order valence-corrected chi connectivity index (χ2v) is 7.58. The van der Waals surface area contributed by atoms with Crippen molar-refractivity contribution >= 4 is 9.84 Å². The highest BCUT2D eigenvalue weighted by Crippen LogP contribution is 2.20. The van der Waals surface area contributed by atoms with Gasteiger partial charge in [-0.3, -0.25) is 0 Å². The molecule has 0 saturated heterocycles. The van der Waals surface area contributed by atoms with Crippen LogP contribution >= 0.6 is 0 Å². The smallest absolute Gasteiger partial charge is 0.157 e. The molecule has 1 rings (SSSR count). The van der Waals surface area contributed by atoms with E-state index in [1.54, 1.807) is 6.92 Å². The van der Waals surface area contributed by atoms with Crippen molar-refractivity contribution in [3.63, 3.8) is 0 Å². The molecule has 3 nitrogen and oxygen atoms in total. The van der Waals surface area contributed by atoms with E-state index in [1.165, 1.54) is 0 Å².